The van der Waals surface area contributed by atoms with Gasteiger partial charge in [-0.3, -0.25) is 9.59 Å². The summed E-state index contributed by atoms with van der Waals surface area (Å²) in [6.45, 7) is 9.19. The van der Waals surface area contributed by atoms with Crippen molar-refractivity contribution in [3.63, 3.8) is 0 Å². The molecule has 31 heavy (non-hydrogen) atoms. The van der Waals surface area contributed by atoms with Crippen molar-refractivity contribution < 1.29 is 13.9 Å². The Morgan fingerprint density at radius 3 is 2.45 bits per heavy atom. The van der Waals surface area contributed by atoms with Gasteiger partial charge in [0.15, 0.2) is 5.43 Å². The minimum absolute atomic E-state index is 0.116. The molecule has 2 heterocycles. The smallest absolute Gasteiger partial charge is 0.290 e. The van der Waals surface area contributed by atoms with Crippen molar-refractivity contribution in [2.24, 2.45) is 0 Å². The SMILES string of the molecule is COCCCN1C(=O)c2oc3cc(C)cc(C)c3c(=O)c2C1c1ccc(C(C)C)cc1. The molecule has 0 fully saturated rings. The van der Waals surface area contributed by atoms with Gasteiger partial charge in [-0.05, 0) is 54.5 Å². The molecule has 1 amide bonds. The highest BCUT2D eigenvalue weighted by atomic mass is 16.5. The topological polar surface area (TPSA) is 59.8 Å². The number of benzene rings is 2. The lowest BCUT2D eigenvalue weighted by atomic mass is 9.94. The predicted molar refractivity (Wildman–Crippen MR) is 122 cm³/mol. The molecule has 0 saturated carbocycles. The average Bonchev–Trinajstić information content (AvgIpc) is 3.00. The van der Waals surface area contributed by atoms with Crippen LogP contribution in [0, 0.1) is 13.8 Å². The third-order valence-corrected chi connectivity index (χ3v) is 6.08. The van der Waals surface area contributed by atoms with Crippen LogP contribution in [0.3, 0.4) is 0 Å². The molecule has 1 aliphatic rings. The first-order chi connectivity index (χ1) is 14.8. The number of carbonyl (C=O) groups is 1. The zero-order valence-corrected chi connectivity index (χ0v) is 18.8. The average molecular weight is 420 g/mol. The van der Waals surface area contributed by atoms with Crippen molar-refractivity contribution >= 4 is 16.9 Å². The van der Waals surface area contributed by atoms with Crippen molar-refractivity contribution in [1.29, 1.82) is 0 Å². The van der Waals surface area contributed by atoms with Crippen LogP contribution in [0.5, 0.6) is 0 Å². The summed E-state index contributed by atoms with van der Waals surface area (Å²) in [5.41, 5.74) is 4.80. The molecule has 5 nitrogen and oxygen atoms in total. The third-order valence-electron chi connectivity index (χ3n) is 6.08. The molecule has 0 bridgehead atoms. The van der Waals surface area contributed by atoms with E-state index in [-0.39, 0.29) is 17.1 Å². The molecular formula is C26H29NO4. The molecule has 1 unspecified atom stereocenters. The van der Waals surface area contributed by atoms with E-state index < -0.39 is 6.04 Å². The van der Waals surface area contributed by atoms with Crippen LogP contribution in [0.15, 0.2) is 45.6 Å². The number of ether oxygens (including phenoxy) is 1. The van der Waals surface area contributed by atoms with Gasteiger partial charge in [-0.1, -0.05) is 44.2 Å². The molecule has 2 aromatic carbocycles. The van der Waals surface area contributed by atoms with E-state index in [1.165, 1.54) is 5.56 Å². The monoisotopic (exact) mass is 419 g/mol. The third kappa shape index (κ3) is 3.68. The highest BCUT2D eigenvalue weighted by Gasteiger charge is 2.42. The molecule has 0 spiro atoms. The number of rotatable bonds is 6. The first kappa shape index (κ1) is 21.3. The molecule has 162 valence electrons. The maximum absolute atomic E-state index is 13.7. The lowest BCUT2D eigenvalue weighted by Crippen LogP contribution is -2.31. The first-order valence-corrected chi connectivity index (χ1v) is 10.8. The van der Waals surface area contributed by atoms with Gasteiger partial charge in [-0.2, -0.15) is 0 Å². The fourth-order valence-electron chi connectivity index (χ4n) is 4.53. The Kier molecular flexibility index (Phi) is 5.71. The van der Waals surface area contributed by atoms with Crippen LogP contribution < -0.4 is 5.43 Å². The van der Waals surface area contributed by atoms with E-state index in [9.17, 15) is 9.59 Å². The molecule has 0 saturated heterocycles. The van der Waals surface area contributed by atoms with Gasteiger partial charge in [0.25, 0.3) is 5.91 Å². The number of nitrogens with zero attached hydrogens (tertiary/aromatic N) is 1. The zero-order valence-electron chi connectivity index (χ0n) is 18.8. The highest BCUT2D eigenvalue weighted by molar-refractivity contribution is 5.99. The summed E-state index contributed by atoms with van der Waals surface area (Å²) in [6, 6.07) is 11.6. The lowest BCUT2D eigenvalue weighted by molar-refractivity contribution is 0.0708. The zero-order chi connectivity index (χ0) is 22.3. The number of amides is 1. The van der Waals surface area contributed by atoms with Gasteiger partial charge in [-0.25, -0.2) is 0 Å². The molecule has 0 aliphatic carbocycles. The molecule has 1 atom stereocenters. The molecule has 0 N–H and O–H groups in total. The van der Waals surface area contributed by atoms with Gasteiger partial charge in [0.2, 0.25) is 5.76 Å². The van der Waals surface area contributed by atoms with Crippen LogP contribution in [-0.4, -0.2) is 31.1 Å². The Labute approximate surface area is 182 Å². The van der Waals surface area contributed by atoms with Crippen LogP contribution >= 0.6 is 0 Å². The first-order valence-electron chi connectivity index (χ1n) is 10.8. The van der Waals surface area contributed by atoms with E-state index in [0.717, 1.165) is 16.7 Å². The summed E-state index contributed by atoms with van der Waals surface area (Å²) < 4.78 is 11.3. The van der Waals surface area contributed by atoms with E-state index >= 15 is 0 Å². The van der Waals surface area contributed by atoms with Crippen molar-refractivity contribution in [1.82, 2.24) is 4.90 Å². The van der Waals surface area contributed by atoms with E-state index in [4.69, 9.17) is 9.15 Å². The van der Waals surface area contributed by atoms with E-state index in [1.54, 1.807) is 12.0 Å². The quantitative estimate of drug-likeness (QED) is 0.521. The molecule has 5 heteroatoms. The molecule has 4 rings (SSSR count). The second kappa shape index (κ2) is 8.31. The maximum atomic E-state index is 13.7. The fraction of sp³-hybridized carbons (Fsp3) is 0.385. The standard InChI is InChI=1S/C26H29NO4/c1-15(2)18-7-9-19(10-8-18)23-22-24(28)21-17(4)13-16(3)14-20(21)31-25(22)26(29)27(23)11-6-12-30-5/h7-10,13-15,23H,6,11-12H2,1-5H3. The second-order valence-electron chi connectivity index (χ2n) is 8.70. The number of carbonyl (C=O) groups excluding carboxylic acids is 1. The summed E-state index contributed by atoms with van der Waals surface area (Å²) >= 11 is 0. The predicted octanol–water partition coefficient (Wildman–Crippen LogP) is 5.11. The normalized spacial score (nSPS) is 15.9. The van der Waals surface area contributed by atoms with Gasteiger partial charge in [0.1, 0.15) is 5.58 Å². The van der Waals surface area contributed by atoms with Gasteiger partial charge < -0.3 is 14.1 Å². The summed E-state index contributed by atoms with van der Waals surface area (Å²) in [4.78, 5) is 28.8. The van der Waals surface area contributed by atoms with Crippen LogP contribution in [0.25, 0.3) is 11.0 Å². The minimum atomic E-state index is -0.457. The van der Waals surface area contributed by atoms with Crippen LogP contribution in [-0.2, 0) is 4.74 Å². The molecule has 1 aromatic heterocycles. The Morgan fingerprint density at radius 1 is 1.10 bits per heavy atom. The van der Waals surface area contributed by atoms with E-state index in [2.05, 4.69) is 26.0 Å². The summed E-state index contributed by atoms with van der Waals surface area (Å²) in [7, 11) is 1.64. The summed E-state index contributed by atoms with van der Waals surface area (Å²) in [5, 5.41) is 0.555. The fourth-order valence-corrected chi connectivity index (χ4v) is 4.53. The Morgan fingerprint density at radius 2 is 1.81 bits per heavy atom. The van der Waals surface area contributed by atoms with E-state index in [1.807, 2.05) is 38.1 Å². The van der Waals surface area contributed by atoms with E-state index in [0.29, 0.717) is 42.0 Å². The molecule has 0 radical (unpaired) electrons. The molecule has 3 aromatic rings. The van der Waals surface area contributed by atoms with Crippen LogP contribution in [0.4, 0.5) is 0 Å². The van der Waals surface area contributed by atoms with Crippen molar-refractivity contribution in [2.45, 2.75) is 46.1 Å². The summed E-state index contributed by atoms with van der Waals surface area (Å²) in [6.07, 6.45) is 0.683. The Bertz CT molecular complexity index is 1190. The number of methoxy groups -OCH3 is 1. The Hall–Kier alpha value is -2.92. The lowest BCUT2D eigenvalue weighted by Gasteiger charge is -2.25. The number of hydrogen-bond acceptors (Lipinski definition) is 4. The number of aryl methyl sites for hydroxylation is 2. The Balaban J connectivity index is 1.92. The second-order valence-corrected chi connectivity index (χ2v) is 8.70. The molecular weight excluding hydrogens is 390 g/mol. The highest BCUT2D eigenvalue weighted by Crippen LogP contribution is 2.39. The minimum Gasteiger partial charge on any atom is -0.450 e. The number of fused-ring (bicyclic) bond motifs is 2. The van der Waals surface area contributed by atoms with Gasteiger partial charge in [0, 0.05) is 20.3 Å². The van der Waals surface area contributed by atoms with Gasteiger partial charge in [0.05, 0.1) is 17.0 Å². The molecule has 1 aliphatic heterocycles. The van der Waals surface area contributed by atoms with Crippen molar-refractivity contribution in [3.05, 3.63) is 80.2 Å². The van der Waals surface area contributed by atoms with Gasteiger partial charge >= 0.3 is 0 Å². The van der Waals surface area contributed by atoms with Gasteiger partial charge in [-0.15, -0.1) is 0 Å². The summed E-state index contributed by atoms with van der Waals surface area (Å²) in [5.74, 6) is 0.337. The van der Waals surface area contributed by atoms with Crippen LogP contribution in [0.2, 0.25) is 0 Å². The largest absolute Gasteiger partial charge is 0.450 e. The van der Waals surface area contributed by atoms with Crippen molar-refractivity contribution in [2.75, 3.05) is 20.3 Å². The van der Waals surface area contributed by atoms with Crippen LogP contribution in [0.1, 0.15) is 70.6 Å². The van der Waals surface area contributed by atoms with Crippen molar-refractivity contribution in [3.8, 4) is 0 Å². The number of hydrogen-bond donors (Lipinski definition) is 0. The maximum Gasteiger partial charge on any atom is 0.290 e.